The van der Waals surface area contributed by atoms with Crippen molar-refractivity contribution in [2.45, 2.75) is 36.9 Å². The first-order chi connectivity index (χ1) is 12.6. The second-order valence-corrected chi connectivity index (χ2v) is 6.83. The van der Waals surface area contributed by atoms with E-state index in [1.54, 1.807) is 6.07 Å². The summed E-state index contributed by atoms with van der Waals surface area (Å²) in [5.41, 5.74) is 1.34. The Morgan fingerprint density at radius 2 is 2.00 bits per heavy atom. The Balaban J connectivity index is 1.35. The van der Waals surface area contributed by atoms with Crippen molar-refractivity contribution in [2.75, 3.05) is 12.4 Å². The highest BCUT2D eigenvalue weighted by Gasteiger charge is 2.18. The zero-order valence-electron chi connectivity index (χ0n) is 14.0. The van der Waals surface area contributed by atoms with E-state index in [1.807, 2.05) is 18.2 Å². The zero-order valence-corrected chi connectivity index (χ0v) is 14.8. The fraction of sp³-hybridized carbons (Fsp3) is 0.412. The number of oxazole rings is 1. The standard InChI is InChI=1S/C17H19N3O5S/c21-14(20-16(23)18-11-5-1-2-6-11)9-24-15(22)10-26-17-19-12-7-3-4-8-13(12)25-17/h3-4,7-8,11H,1-2,5-6,9-10H2,(H2,18,20,21,23). The topological polar surface area (TPSA) is 111 Å². The molecule has 0 atom stereocenters. The summed E-state index contributed by atoms with van der Waals surface area (Å²) in [7, 11) is 0. The Labute approximate surface area is 154 Å². The maximum absolute atomic E-state index is 11.7. The number of hydrogen-bond acceptors (Lipinski definition) is 7. The minimum atomic E-state index is -0.666. The van der Waals surface area contributed by atoms with Gasteiger partial charge in [0.2, 0.25) is 0 Å². The average Bonchev–Trinajstić information content (AvgIpc) is 3.26. The molecule has 1 aliphatic rings. The van der Waals surface area contributed by atoms with Gasteiger partial charge in [-0.1, -0.05) is 36.7 Å². The molecule has 0 bridgehead atoms. The van der Waals surface area contributed by atoms with E-state index in [9.17, 15) is 14.4 Å². The van der Waals surface area contributed by atoms with Crippen molar-refractivity contribution >= 4 is 40.8 Å². The summed E-state index contributed by atoms with van der Waals surface area (Å²) in [6.07, 6.45) is 4.00. The molecule has 1 aliphatic carbocycles. The number of amides is 3. The lowest BCUT2D eigenvalue weighted by molar-refractivity contribution is -0.145. The highest BCUT2D eigenvalue weighted by atomic mass is 32.2. The number of urea groups is 1. The molecule has 1 fully saturated rings. The fourth-order valence-corrected chi connectivity index (χ4v) is 3.31. The van der Waals surface area contributed by atoms with Gasteiger partial charge in [0, 0.05) is 6.04 Å². The Hall–Kier alpha value is -2.55. The normalized spacial score (nSPS) is 14.3. The predicted molar refractivity (Wildman–Crippen MR) is 94.6 cm³/mol. The monoisotopic (exact) mass is 377 g/mol. The van der Waals surface area contributed by atoms with E-state index >= 15 is 0 Å². The van der Waals surface area contributed by atoms with Gasteiger partial charge in [0.15, 0.2) is 12.2 Å². The molecule has 0 radical (unpaired) electrons. The van der Waals surface area contributed by atoms with Crippen molar-refractivity contribution < 1.29 is 23.5 Å². The second kappa shape index (κ2) is 8.70. The molecule has 0 unspecified atom stereocenters. The lowest BCUT2D eigenvalue weighted by atomic mass is 10.2. The maximum Gasteiger partial charge on any atom is 0.321 e. The molecule has 1 saturated carbocycles. The summed E-state index contributed by atoms with van der Waals surface area (Å²) in [5, 5.41) is 5.22. The zero-order chi connectivity index (χ0) is 18.4. The van der Waals surface area contributed by atoms with Gasteiger partial charge < -0.3 is 14.5 Å². The molecule has 2 N–H and O–H groups in total. The summed E-state index contributed by atoms with van der Waals surface area (Å²) in [6.45, 7) is -0.509. The molecule has 138 valence electrons. The molecule has 0 spiro atoms. The van der Waals surface area contributed by atoms with Gasteiger partial charge in [0.05, 0.1) is 0 Å². The molecular weight excluding hydrogens is 358 g/mol. The highest BCUT2D eigenvalue weighted by Crippen LogP contribution is 2.23. The molecule has 3 rings (SSSR count). The van der Waals surface area contributed by atoms with Crippen LogP contribution >= 0.6 is 11.8 Å². The van der Waals surface area contributed by atoms with Crippen LogP contribution in [0.25, 0.3) is 11.1 Å². The number of esters is 1. The molecule has 26 heavy (non-hydrogen) atoms. The van der Waals surface area contributed by atoms with Gasteiger partial charge >= 0.3 is 12.0 Å². The number of nitrogens with zero attached hydrogens (tertiary/aromatic N) is 1. The number of ether oxygens (including phenoxy) is 1. The Kier molecular flexibility index (Phi) is 6.11. The third-order valence-electron chi connectivity index (χ3n) is 3.90. The number of imide groups is 1. The van der Waals surface area contributed by atoms with Crippen LogP contribution in [0.1, 0.15) is 25.7 Å². The molecule has 1 aromatic carbocycles. The first-order valence-electron chi connectivity index (χ1n) is 8.34. The van der Waals surface area contributed by atoms with E-state index in [0.717, 1.165) is 37.4 Å². The third-order valence-corrected chi connectivity index (χ3v) is 4.70. The Morgan fingerprint density at radius 1 is 1.23 bits per heavy atom. The van der Waals surface area contributed by atoms with E-state index in [1.165, 1.54) is 0 Å². The average molecular weight is 377 g/mol. The summed E-state index contributed by atoms with van der Waals surface area (Å²) in [4.78, 5) is 39.2. The molecule has 1 aromatic heterocycles. The molecule has 2 aromatic rings. The number of hydrogen-bond donors (Lipinski definition) is 2. The van der Waals surface area contributed by atoms with Crippen molar-refractivity contribution in [1.82, 2.24) is 15.6 Å². The lowest BCUT2D eigenvalue weighted by Crippen LogP contribution is -2.45. The number of thioether (sulfide) groups is 1. The quantitative estimate of drug-likeness (QED) is 0.587. The van der Waals surface area contributed by atoms with Crippen LogP contribution in [0, 0.1) is 0 Å². The van der Waals surface area contributed by atoms with Gasteiger partial charge in [-0.3, -0.25) is 14.9 Å². The van der Waals surface area contributed by atoms with Crippen LogP contribution in [0.4, 0.5) is 4.79 Å². The number of fused-ring (bicyclic) bond motifs is 1. The van der Waals surface area contributed by atoms with E-state index in [-0.39, 0.29) is 11.8 Å². The van der Waals surface area contributed by atoms with Gasteiger partial charge in [-0.15, -0.1) is 0 Å². The molecular formula is C17H19N3O5S. The third kappa shape index (κ3) is 5.22. The lowest BCUT2D eigenvalue weighted by Gasteiger charge is -2.12. The highest BCUT2D eigenvalue weighted by molar-refractivity contribution is 7.99. The van der Waals surface area contributed by atoms with Crippen molar-refractivity contribution in [1.29, 1.82) is 0 Å². The molecule has 8 nitrogen and oxygen atoms in total. The Morgan fingerprint density at radius 3 is 2.77 bits per heavy atom. The van der Waals surface area contributed by atoms with E-state index in [4.69, 9.17) is 9.15 Å². The molecule has 0 aliphatic heterocycles. The largest absolute Gasteiger partial charge is 0.455 e. The number of para-hydroxylation sites is 2. The smallest absolute Gasteiger partial charge is 0.321 e. The van der Waals surface area contributed by atoms with Gasteiger partial charge in [-0.2, -0.15) is 0 Å². The van der Waals surface area contributed by atoms with Gasteiger partial charge in [0.1, 0.15) is 11.3 Å². The van der Waals surface area contributed by atoms with Crippen LogP contribution in [0.2, 0.25) is 0 Å². The number of benzene rings is 1. The van der Waals surface area contributed by atoms with Crippen LogP contribution in [0.3, 0.4) is 0 Å². The summed E-state index contributed by atoms with van der Waals surface area (Å²) < 4.78 is 10.3. The molecule has 0 saturated heterocycles. The van der Waals surface area contributed by atoms with Gasteiger partial charge in [-0.05, 0) is 25.0 Å². The first-order valence-corrected chi connectivity index (χ1v) is 9.33. The summed E-state index contributed by atoms with van der Waals surface area (Å²) in [6, 6.07) is 6.82. The van der Waals surface area contributed by atoms with E-state index in [2.05, 4.69) is 15.6 Å². The van der Waals surface area contributed by atoms with Crippen LogP contribution in [0.15, 0.2) is 33.9 Å². The predicted octanol–water partition coefficient (Wildman–Crippen LogP) is 2.23. The maximum atomic E-state index is 11.7. The molecule has 9 heteroatoms. The van der Waals surface area contributed by atoms with Gasteiger partial charge in [-0.25, -0.2) is 9.78 Å². The molecule has 1 heterocycles. The van der Waals surface area contributed by atoms with E-state index < -0.39 is 24.5 Å². The van der Waals surface area contributed by atoms with Crippen LogP contribution < -0.4 is 10.6 Å². The Bertz CT molecular complexity index is 768. The van der Waals surface area contributed by atoms with Crippen LogP contribution in [-0.2, 0) is 14.3 Å². The fourth-order valence-electron chi connectivity index (χ4n) is 2.68. The van der Waals surface area contributed by atoms with Crippen LogP contribution in [-0.4, -0.2) is 41.3 Å². The number of nitrogens with one attached hydrogen (secondary N) is 2. The van der Waals surface area contributed by atoms with Crippen molar-refractivity contribution in [3.05, 3.63) is 24.3 Å². The van der Waals surface area contributed by atoms with Gasteiger partial charge in [0.25, 0.3) is 11.1 Å². The van der Waals surface area contributed by atoms with E-state index in [0.29, 0.717) is 16.3 Å². The first kappa shape index (κ1) is 18.2. The second-order valence-electron chi connectivity index (χ2n) is 5.90. The number of rotatable bonds is 6. The van der Waals surface area contributed by atoms with Crippen LogP contribution in [0.5, 0.6) is 0 Å². The number of carbonyl (C=O) groups is 3. The van der Waals surface area contributed by atoms with Crippen molar-refractivity contribution in [3.63, 3.8) is 0 Å². The number of carbonyl (C=O) groups excluding carboxylic acids is 3. The minimum Gasteiger partial charge on any atom is -0.455 e. The number of aromatic nitrogens is 1. The van der Waals surface area contributed by atoms with Crippen molar-refractivity contribution in [2.24, 2.45) is 0 Å². The molecule has 3 amide bonds. The van der Waals surface area contributed by atoms with Crippen molar-refractivity contribution in [3.8, 4) is 0 Å². The minimum absolute atomic E-state index is 0.0472. The SMILES string of the molecule is O=C(COC(=O)CSc1nc2ccccc2o1)NC(=O)NC1CCCC1. The summed E-state index contributed by atoms with van der Waals surface area (Å²) >= 11 is 1.08. The summed E-state index contributed by atoms with van der Waals surface area (Å²) in [5.74, 6) is -1.31.